The first-order chi connectivity index (χ1) is 10.5. The molecule has 0 aromatic heterocycles. The maximum atomic E-state index is 12.3. The highest BCUT2D eigenvalue weighted by Crippen LogP contribution is 2.29. The minimum Gasteiger partial charge on any atom is -0.484 e. The summed E-state index contributed by atoms with van der Waals surface area (Å²) in [4.78, 5) is 14.2. The maximum absolute atomic E-state index is 12.3. The minimum atomic E-state index is -0.0117. The zero-order chi connectivity index (χ0) is 15.7. The Morgan fingerprint density at radius 3 is 2.35 bits per heavy atom. The molecule has 7 heteroatoms. The molecule has 0 saturated carbocycles. The third-order valence-electron chi connectivity index (χ3n) is 4.59. The summed E-state index contributed by atoms with van der Waals surface area (Å²) < 4.78 is 5.53. The van der Waals surface area contributed by atoms with Gasteiger partial charge in [0, 0.05) is 35.2 Å². The highest BCUT2D eigenvalue weighted by molar-refractivity contribution is 6.34. The van der Waals surface area contributed by atoms with E-state index >= 15 is 0 Å². The molecule has 128 valence electrons. The van der Waals surface area contributed by atoms with Gasteiger partial charge < -0.3 is 15.0 Å². The molecule has 1 aromatic carbocycles. The van der Waals surface area contributed by atoms with Crippen LogP contribution in [0.1, 0.15) is 25.7 Å². The highest BCUT2D eigenvalue weighted by atomic mass is 35.5. The highest BCUT2D eigenvalue weighted by Gasteiger charge is 2.36. The monoisotopic (exact) mass is 378 g/mol. The number of ether oxygens (including phenoxy) is 1. The number of benzene rings is 1. The van der Waals surface area contributed by atoms with Crippen molar-refractivity contribution in [2.75, 3.05) is 13.7 Å². The second kappa shape index (κ2) is 7.93. The molecular formula is C16H21Cl3N2O2. The number of carbonyl (C=O) groups excluding carboxylic acids is 1. The van der Waals surface area contributed by atoms with Gasteiger partial charge >= 0.3 is 0 Å². The molecule has 3 rings (SSSR count). The predicted molar refractivity (Wildman–Crippen MR) is 94.9 cm³/mol. The van der Waals surface area contributed by atoms with Crippen LogP contribution in [-0.4, -0.2) is 42.6 Å². The van der Waals surface area contributed by atoms with Gasteiger partial charge in [-0.1, -0.05) is 23.2 Å². The fourth-order valence-corrected chi connectivity index (χ4v) is 3.91. The fourth-order valence-electron chi connectivity index (χ4n) is 3.41. The van der Waals surface area contributed by atoms with Gasteiger partial charge in [0.2, 0.25) is 0 Å². The number of hydrogen-bond donors (Lipinski definition) is 1. The van der Waals surface area contributed by atoms with Crippen LogP contribution < -0.4 is 10.1 Å². The quantitative estimate of drug-likeness (QED) is 0.870. The third kappa shape index (κ3) is 4.66. The standard InChI is InChI=1S/C16H20Cl2N2O2.ClH/c1-20(14-7-12-2-3-13(8-14)19-12)16(21)9-22-15-5-10(17)4-11(18)6-15;/h4-6,12-14,19H,2-3,7-9H2,1H3;1H. The zero-order valence-electron chi connectivity index (χ0n) is 12.9. The molecule has 2 bridgehead atoms. The summed E-state index contributed by atoms with van der Waals surface area (Å²) in [5, 5.41) is 4.58. The van der Waals surface area contributed by atoms with Crippen molar-refractivity contribution in [3.8, 4) is 5.75 Å². The molecule has 2 heterocycles. The van der Waals surface area contributed by atoms with E-state index in [1.165, 1.54) is 12.8 Å². The summed E-state index contributed by atoms with van der Waals surface area (Å²) in [6, 6.07) is 6.38. The largest absolute Gasteiger partial charge is 0.484 e. The van der Waals surface area contributed by atoms with Gasteiger partial charge in [-0.3, -0.25) is 4.79 Å². The zero-order valence-corrected chi connectivity index (χ0v) is 15.3. The first-order valence-corrected chi connectivity index (χ1v) is 8.37. The molecular weight excluding hydrogens is 359 g/mol. The SMILES string of the molecule is CN(C(=O)COc1cc(Cl)cc(Cl)c1)C1CC2CCC(C1)N2.Cl. The van der Waals surface area contributed by atoms with Crippen molar-refractivity contribution in [3.05, 3.63) is 28.2 Å². The van der Waals surface area contributed by atoms with Gasteiger partial charge in [-0.15, -0.1) is 12.4 Å². The van der Waals surface area contributed by atoms with E-state index in [1.807, 2.05) is 11.9 Å². The summed E-state index contributed by atoms with van der Waals surface area (Å²) in [5.74, 6) is 0.507. The van der Waals surface area contributed by atoms with E-state index in [0.29, 0.717) is 33.9 Å². The Kier molecular flexibility index (Phi) is 6.43. The molecule has 2 atom stereocenters. The Hall–Kier alpha value is -0.680. The molecule has 0 aliphatic carbocycles. The summed E-state index contributed by atoms with van der Waals surface area (Å²) in [6.45, 7) is 0.00638. The van der Waals surface area contributed by atoms with Crippen molar-refractivity contribution < 1.29 is 9.53 Å². The van der Waals surface area contributed by atoms with Crippen molar-refractivity contribution in [2.24, 2.45) is 0 Å². The second-order valence-electron chi connectivity index (χ2n) is 6.16. The van der Waals surface area contributed by atoms with Crippen molar-refractivity contribution in [3.63, 3.8) is 0 Å². The number of amides is 1. The third-order valence-corrected chi connectivity index (χ3v) is 5.02. The molecule has 2 saturated heterocycles. The molecule has 1 N–H and O–H groups in total. The molecule has 2 fully saturated rings. The molecule has 0 spiro atoms. The van der Waals surface area contributed by atoms with Crippen LogP contribution in [-0.2, 0) is 4.79 Å². The van der Waals surface area contributed by atoms with E-state index in [4.69, 9.17) is 27.9 Å². The molecule has 4 nitrogen and oxygen atoms in total. The van der Waals surface area contributed by atoms with Crippen molar-refractivity contribution in [1.82, 2.24) is 10.2 Å². The van der Waals surface area contributed by atoms with Gasteiger partial charge in [-0.05, 0) is 43.9 Å². The lowest BCUT2D eigenvalue weighted by molar-refractivity contribution is -0.134. The number of nitrogens with zero attached hydrogens (tertiary/aromatic N) is 1. The molecule has 0 radical (unpaired) electrons. The minimum absolute atomic E-state index is 0. The number of carbonyl (C=O) groups is 1. The van der Waals surface area contributed by atoms with E-state index in [9.17, 15) is 4.79 Å². The Labute approximate surface area is 152 Å². The van der Waals surface area contributed by atoms with E-state index < -0.39 is 0 Å². The second-order valence-corrected chi connectivity index (χ2v) is 7.03. The topological polar surface area (TPSA) is 41.6 Å². The number of fused-ring (bicyclic) bond motifs is 2. The molecule has 1 aromatic rings. The van der Waals surface area contributed by atoms with Gasteiger partial charge in [0.25, 0.3) is 5.91 Å². The van der Waals surface area contributed by atoms with E-state index in [2.05, 4.69) is 5.32 Å². The molecule has 2 aliphatic rings. The Balaban J connectivity index is 0.00000192. The van der Waals surface area contributed by atoms with Crippen LogP contribution in [0.15, 0.2) is 18.2 Å². The van der Waals surface area contributed by atoms with Gasteiger partial charge in [-0.25, -0.2) is 0 Å². The lowest BCUT2D eigenvalue weighted by Crippen LogP contribution is -2.49. The number of hydrogen-bond acceptors (Lipinski definition) is 3. The van der Waals surface area contributed by atoms with Crippen LogP contribution in [0, 0.1) is 0 Å². The summed E-state index contributed by atoms with van der Waals surface area (Å²) in [5.41, 5.74) is 0. The molecule has 2 aliphatic heterocycles. The molecule has 23 heavy (non-hydrogen) atoms. The predicted octanol–water partition coefficient (Wildman–Crippen LogP) is 3.54. The summed E-state index contributed by atoms with van der Waals surface area (Å²) in [6.07, 6.45) is 4.50. The average molecular weight is 380 g/mol. The normalized spacial score (nSPS) is 25.6. The van der Waals surface area contributed by atoms with Crippen molar-refractivity contribution in [2.45, 2.75) is 43.8 Å². The maximum Gasteiger partial charge on any atom is 0.260 e. The molecule has 1 amide bonds. The van der Waals surface area contributed by atoms with Crippen LogP contribution in [0.2, 0.25) is 10.0 Å². The van der Waals surface area contributed by atoms with Gasteiger partial charge in [-0.2, -0.15) is 0 Å². The van der Waals surface area contributed by atoms with Gasteiger partial charge in [0.1, 0.15) is 5.75 Å². The Bertz CT molecular complexity index is 538. The Morgan fingerprint density at radius 2 is 1.78 bits per heavy atom. The van der Waals surface area contributed by atoms with E-state index in [-0.39, 0.29) is 24.9 Å². The number of halogens is 3. The average Bonchev–Trinajstić information content (AvgIpc) is 2.81. The van der Waals surface area contributed by atoms with Crippen LogP contribution in [0.5, 0.6) is 5.75 Å². The van der Waals surface area contributed by atoms with Crippen LogP contribution in [0.4, 0.5) is 0 Å². The first kappa shape index (κ1) is 18.7. The lowest BCUT2D eigenvalue weighted by atomic mass is 9.98. The Morgan fingerprint density at radius 1 is 1.22 bits per heavy atom. The van der Waals surface area contributed by atoms with Crippen LogP contribution in [0.3, 0.4) is 0 Å². The number of likely N-dealkylation sites (N-methyl/N-ethyl adjacent to an activating group) is 1. The fraction of sp³-hybridized carbons (Fsp3) is 0.562. The van der Waals surface area contributed by atoms with Crippen molar-refractivity contribution >= 4 is 41.5 Å². The number of nitrogens with one attached hydrogen (secondary N) is 1. The number of piperidine rings is 1. The van der Waals surface area contributed by atoms with Crippen LogP contribution in [0.25, 0.3) is 0 Å². The van der Waals surface area contributed by atoms with Crippen LogP contribution >= 0.6 is 35.6 Å². The molecule has 2 unspecified atom stereocenters. The smallest absolute Gasteiger partial charge is 0.260 e. The van der Waals surface area contributed by atoms with Crippen molar-refractivity contribution in [1.29, 1.82) is 0 Å². The van der Waals surface area contributed by atoms with Gasteiger partial charge in [0.05, 0.1) is 0 Å². The van der Waals surface area contributed by atoms with Gasteiger partial charge in [0.15, 0.2) is 6.61 Å². The summed E-state index contributed by atoms with van der Waals surface area (Å²) >= 11 is 11.8. The first-order valence-electron chi connectivity index (χ1n) is 7.62. The van der Waals surface area contributed by atoms with E-state index in [1.54, 1.807) is 18.2 Å². The number of rotatable bonds is 4. The van der Waals surface area contributed by atoms with E-state index in [0.717, 1.165) is 12.8 Å². The lowest BCUT2D eigenvalue weighted by Gasteiger charge is -2.35. The summed E-state index contributed by atoms with van der Waals surface area (Å²) in [7, 11) is 1.87.